The maximum atomic E-state index is 12.5. The monoisotopic (exact) mass is 311 g/mol. The lowest BCUT2D eigenvalue weighted by Gasteiger charge is -2.32. The van der Waals surface area contributed by atoms with Crippen molar-refractivity contribution in [2.45, 2.75) is 45.6 Å². The van der Waals surface area contributed by atoms with Crippen molar-refractivity contribution in [1.29, 1.82) is 0 Å². The number of hydrogen-bond acceptors (Lipinski definition) is 2. The summed E-state index contributed by atoms with van der Waals surface area (Å²) in [6.45, 7) is 6.85. The Morgan fingerprint density at radius 1 is 1.30 bits per heavy atom. The van der Waals surface area contributed by atoms with E-state index in [4.69, 9.17) is 0 Å². The molecule has 0 atom stereocenters. The average Bonchev–Trinajstić information content (AvgIpc) is 3.03. The number of imidazole rings is 1. The van der Waals surface area contributed by atoms with Crippen LogP contribution in [-0.4, -0.2) is 33.4 Å². The van der Waals surface area contributed by atoms with E-state index in [1.54, 1.807) is 0 Å². The summed E-state index contributed by atoms with van der Waals surface area (Å²) in [4.78, 5) is 19.0. The molecule has 1 aliphatic rings. The largest absolute Gasteiger partial charge is 0.342 e. The number of hydrogen-bond donors (Lipinski definition) is 0. The van der Waals surface area contributed by atoms with Crippen molar-refractivity contribution >= 4 is 5.91 Å². The summed E-state index contributed by atoms with van der Waals surface area (Å²) in [5.41, 5.74) is 2.32. The third-order valence-electron chi connectivity index (χ3n) is 4.74. The van der Waals surface area contributed by atoms with Crippen LogP contribution in [0.3, 0.4) is 0 Å². The van der Waals surface area contributed by atoms with Gasteiger partial charge in [-0.15, -0.1) is 0 Å². The van der Waals surface area contributed by atoms with Crippen molar-refractivity contribution in [1.82, 2.24) is 14.5 Å². The Kier molecular flexibility index (Phi) is 4.79. The van der Waals surface area contributed by atoms with Crippen molar-refractivity contribution in [3.05, 3.63) is 53.6 Å². The van der Waals surface area contributed by atoms with Gasteiger partial charge >= 0.3 is 0 Å². The Hall–Kier alpha value is -2.10. The third kappa shape index (κ3) is 3.63. The lowest BCUT2D eigenvalue weighted by molar-refractivity contribution is -0.131. The summed E-state index contributed by atoms with van der Waals surface area (Å²) in [5.74, 6) is 1.90. The van der Waals surface area contributed by atoms with Crippen LogP contribution in [0.2, 0.25) is 0 Å². The van der Waals surface area contributed by atoms with Crippen LogP contribution >= 0.6 is 0 Å². The molecule has 122 valence electrons. The Morgan fingerprint density at radius 3 is 2.78 bits per heavy atom. The van der Waals surface area contributed by atoms with Crippen LogP contribution in [0.4, 0.5) is 0 Å². The zero-order valence-electron chi connectivity index (χ0n) is 14.0. The van der Waals surface area contributed by atoms with Crippen molar-refractivity contribution in [2.75, 3.05) is 13.1 Å². The van der Waals surface area contributed by atoms with Gasteiger partial charge < -0.3 is 9.47 Å². The molecule has 23 heavy (non-hydrogen) atoms. The standard InChI is InChI=1S/C19H25N3O/c1-3-21-12-9-20-19(21)17-7-10-22(11-8-17)18(23)14-16-6-4-5-15(2)13-16/h4-6,9,12-13,17H,3,7-8,10-11,14H2,1-2H3. The van der Waals surface area contributed by atoms with Gasteiger partial charge in [0.1, 0.15) is 5.82 Å². The highest BCUT2D eigenvalue weighted by Crippen LogP contribution is 2.27. The van der Waals surface area contributed by atoms with Crippen LogP contribution in [0, 0.1) is 6.92 Å². The molecule has 1 fully saturated rings. The summed E-state index contributed by atoms with van der Waals surface area (Å²) in [6.07, 6.45) is 6.46. The molecule has 3 rings (SSSR count). The minimum Gasteiger partial charge on any atom is -0.342 e. The number of benzene rings is 1. The molecule has 1 aliphatic heterocycles. The first kappa shape index (κ1) is 15.8. The third-order valence-corrected chi connectivity index (χ3v) is 4.74. The van der Waals surface area contributed by atoms with Gasteiger partial charge in [0.15, 0.2) is 0 Å². The van der Waals surface area contributed by atoms with Gasteiger partial charge in [0.05, 0.1) is 6.42 Å². The Bertz CT molecular complexity index is 669. The predicted molar refractivity (Wildman–Crippen MR) is 91.3 cm³/mol. The second kappa shape index (κ2) is 6.99. The van der Waals surface area contributed by atoms with Crippen molar-refractivity contribution in [2.24, 2.45) is 0 Å². The van der Waals surface area contributed by atoms with E-state index in [1.807, 2.05) is 29.4 Å². The van der Waals surface area contributed by atoms with Crippen LogP contribution in [0.15, 0.2) is 36.7 Å². The molecule has 0 spiro atoms. The van der Waals surface area contributed by atoms with Crippen LogP contribution in [0.25, 0.3) is 0 Å². The van der Waals surface area contributed by atoms with Gasteiger partial charge in [-0.25, -0.2) is 4.98 Å². The number of nitrogens with zero attached hydrogens (tertiary/aromatic N) is 3. The molecule has 1 aromatic carbocycles. The fourth-order valence-electron chi connectivity index (χ4n) is 3.44. The predicted octanol–water partition coefficient (Wildman–Crippen LogP) is 3.16. The van der Waals surface area contributed by atoms with E-state index in [0.29, 0.717) is 12.3 Å². The molecule has 1 aromatic heterocycles. The highest BCUT2D eigenvalue weighted by molar-refractivity contribution is 5.78. The molecule has 1 saturated heterocycles. The Labute approximate surface area is 138 Å². The molecule has 0 bridgehead atoms. The maximum Gasteiger partial charge on any atom is 0.226 e. The molecule has 0 saturated carbocycles. The van der Waals surface area contributed by atoms with E-state index in [1.165, 1.54) is 11.4 Å². The van der Waals surface area contributed by atoms with E-state index in [9.17, 15) is 4.79 Å². The Morgan fingerprint density at radius 2 is 2.09 bits per heavy atom. The fraction of sp³-hybridized carbons (Fsp3) is 0.474. The van der Waals surface area contributed by atoms with E-state index in [2.05, 4.69) is 35.5 Å². The number of aryl methyl sites for hydroxylation is 2. The lowest BCUT2D eigenvalue weighted by atomic mass is 9.95. The zero-order valence-corrected chi connectivity index (χ0v) is 14.0. The molecule has 1 amide bonds. The molecule has 0 radical (unpaired) electrons. The number of aromatic nitrogens is 2. The number of likely N-dealkylation sites (tertiary alicyclic amines) is 1. The van der Waals surface area contributed by atoms with Crippen LogP contribution in [0.1, 0.15) is 42.6 Å². The van der Waals surface area contributed by atoms with Gasteiger partial charge in [-0.05, 0) is 32.3 Å². The second-order valence-corrected chi connectivity index (χ2v) is 6.39. The van der Waals surface area contributed by atoms with Gasteiger partial charge in [0.2, 0.25) is 5.91 Å². The summed E-state index contributed by atoms with van der Waals surface area (Å²) in [6, 6.07) is 8.22. The second-order valence-electron chi connectivity index (χ2n) is 6.39. The summed E-state index contributed by atoms with van der Waals surface area (Å²) < 4.78 is 2.22. The number of carbonyl (C=O) groups excluding carboxylic acids is 1. The average molecular weight is 311 g/mol. The van der Waals surface area contributed by atoms with Gasteiger partial charge in [-0.1, -0.05) is 29.8 Å². The van der Waals surface area contributed by atoms with E-state index in [0.717, 1.165) is 38.0 Å². The van der Waals surface area contributed by atoms with E-state index in [-0.39, 0.29) is 5.91 Å². The van der Waals surface area contributed by atoms with E-state index < -0.39 is 0 Å². The molecule has 2 heterocycles. The summed E-state index contributed by atoms with van der Waals surface area (Å²) >= 11 is 0. The smallest absolute Gasteiger partial charge is 0.226 e. The minimum absolute atomic E-state index is 0.243. The van der Waals surface area contributed by atoms with E-state index >= 15 is 0 Å². The number of carbonyl (C=O) groups is 1. The first-order valence-corrected chi connectivity index (χ1v) is 8.51. The number of piperidine rings is 1. The molecule has 2 aromatic rings. The van der Waals surface area contributed by atoms with Crippen LogP contribution in [0.5, 0.6) is 0 Å². The highest BCUT2D eigenvalue weighted by atomic mass is 16.2. The number of rotatable bonds is 4. The normalized spacial score (nSPS) is 15.8. The van der Waals surface area contributed by atoms with Gasteiger partial charge in [-0.3, -0.25) is 4.79 Å². The molecule has 4 heteroatoms. The highest BCUT2D eigenvalue weighted by Gasteiger charge is 2.26. The van der Waals surface area contributed by atoms with Crippen molar-refractivity contribution in [3.63, 3.8) is 0 Å². The quantitative estimate of drug-likeness (QED) is 0.870. The molecule has 0 unspecified atom stereocenters. The lowest BCUT2D eigenvalue weighted by Crippen LogP contribution is -2.39. The molecular formula is C19H25N3O. The zero-order chi connectivity index (χ0) is 16.2. The van der Waals surface area contributed by atoms with Crippen LogP contribution < -0.4 is 0 Å². The molecule has 4 nitrogen and oxygen atoms in total. The Balaban J connectivity index is 1.57. The molecule has 0 N–H and O–H groups in total. The van der Waals surface area contributed by atoms with Crippen molar-refractivity contribution in [3.8, 4) is 0 Å². The van der Waals surface area contributed by atoms with Crippen LogP contribution in [-0.2, 0) is 17.8 Å². The first-order valence-electron chi connectivity index (χ1n) is 8.51. The minimum atomic E-state index is 0.243. The summed E-state index contributed by atoms with van der Waals surface area (Å²) in [7, 11) is 0. The molecule has 0 aliphatic carbocycles. The topological polar surface area (TPSA) is 38.1 Å². The van der Waals surface area contributed by atoms with Gasteiger partial charge in [-0.2, -0.15) is 0 Å². The van der Waals surface area contributed by atoms with Gasteiger partial charge in [0.25, 0.3) is 0 Å². The SMILES string of the molecule is CCn1ccnc1C1CCN(C(=O)Cc2cccc(C)c2)CC1. The number of amides is 1. The summed E-state index contributed by atoms with van der Waals surface area (Å²) in [5, 5.41) is 0. The van der Waals surface area contributed by atoms with Crippen molar-refractivity contribution < 1.29 is 4.79 Å². The van der Waals surface area contributed by atoms with Gasteiger partial charge in [0, 0.05) is 37.9 Å². The molecular weight excluding hydrogens is 286 g/mol. The first-order chi connectivity index (χ1) is 11.2. The maximum absolute atomic E-state index is 12.5. The fourth-order valence-corrected chi connectivity index (χ4v) is 3.44.